The number of rotatable bonds is 5. The summed E-state index contributed by atoms with van der Waals surface area (Å²) in [7, 11) is 0. The van der Waals surface area contributed by atoms with Crippen molar-refractivity contribution in [2.75, 3.05) is 26.2 Å². The van der Waals surface area contributed by atoms with Crippen molar-refractivity contribution in [2.24, 2.45) is 0 Å². The number of nitrogens with zero attached hydrogens (tertiary/aromatic N) is 4. The number of hydrogen-bond donors (Lipinski definition) is 0. The summed E-state index contributed by atoms with van der Waals surface area (Å²) in [4.78, 5) is 21.6. The molecular formula is C22H30N4O. The quantitative estimate of drug-likeness (QED) is 0.817. The molecule has 5 heteroatoms. The summed E-state index contributed by atoms with van der Waals surface area (Å²) in [5.74, 6) is 1.33. The Morgan fingerprint density at radius 2 is 1.89 bits per heavy atom. The topological polar surface area (TPSA) is 41.4 Å². The Bertz CT molecular complexity index is 759. The minimum Gasteiger partial charge on any atom is -0.341 e. The molecule has 4 rings (SSSR count). The standard InChI is InChI=1S/C22H30N4O/c1-18-23-9-13-24(18)10-4-8-22(27)26-12-5-11-25(14-15-26)21-16-19-6-2-3-7-20(19)17-21/h2-3,6-7,9,13,21H,4-5,8,10-12,14-17H2,1H3. The van der Waals surface area contributed by atoms with Crippen LogP contribution in [0.5, 0.6) is 0 Å². The third-order valence-corrected chi connectivity index (χ3v) is 6.14. The summed E-state index contributed by atoms with van der Waals surface area (Å²) >= 11 is 0. The number of aryl methyl sites for hydroxylation is 2. The van der Waals surface area contributed by atoms with Gasteiger partial charge >= 0.3 is 0 Å². The van der Waals surface area contributed by atoms with E-state index in [1.165, 1.54) is 11.1 Å². The van der Waals surface area contributed by atoms with E-state index in [1.807, 2.05) is 19.3 Å². The molecule has 0 unspecified atom stereocenters. The number of hydrogen-bond acceptors (Lipinski definition) is 3. The number of aromatic nitrogens is 2. The van der Waals surface area contributed by atoms with E-state index in [-0.39, 0.29) is 0 Å². The number of imidazole rings is 1. The first-order valence-electron chi connectivity index (χ1n) is 10.3. The smallest absolute Gasteiger partial charge is 0.222 e. The molecule has 2 aromatic rings. The van der Waals surface area contributed by atoms with Crippen LogP contribution in [0.3, 0.4) is 0 Å². The molecule has 1 saturated heterocycles. The Kier molecular flexibility index (Phi) is 5.58. The van der Waals surface area contributed by atoms with Gasteiger partial charge in [0.05, 0.1) is 0 Å². The van der Waals surface area contributed by atoms with Gasteiger partial charge in [-0.15, -0.1) is 0 Å². The van der Waals surface area contributed by atoms with Crippen LogP contribution in [-0.4, -0.2) is 57.5 Å². The van der Waals surface area contributed by atoms with Crippen molar-refractivity contribution in [3.63, 3.8) is 0 Å². The largest absolute Gasteiger partial charge is 0.341 e. The monoisotopic (exact) mass is 366 g/mol. The van der Waals surface area contributed by atoms with Gasteiger partial charge in [0.15, 0.2) is 0 Å². The van der Waals surface area contributed by atoms with Crippen molar-refractivity contribution in [3.05, 3.63) is 53.6 Å². The molecule has 1 amide bonds. The Balaban J connectivity index is 1.25. The van der Waals surface area contributed by atoms with E-state index >= 15 is 0 Å². The predicted octanol–water partition coefficient (Wildman–Crippen LogP) is 2.67. The van der Waals surface area contributed by atoms with Gasteiger partial charge in [0.25, 0.3) is 0 Å². The number of benzene rings is 1. The highest BCUT2D eigenvalue weighted by atomic mass is 16.2. The molecule has 0 spiro atoms. The maximum absolute atomic E-state index is 12.7. The average Bonchev–Trinajstić information content (AvgIpc) is 3.20. The molecule has 0 saturated carbocycles. The molecule has 1 fully saturated rings. The second kappa shape index (κ2) is 8.26. The van der Waals surface area contributed by atoms with Crippen molar-refractivity contribution in [3.8, 4) is 0 Å². The van der Waals surface area contributed by atoms with Gasteiger partial charge in [-0.25, -0.2) is 4.98 Å². The maximum atomic E-state index is 12.7. The van der Waals surface area contributed by atoms with Gasteiger partial charge in [-0.05, 0) is 43.7 Å². The number of carbonyl (C=O) groups is 1. The van der Waals surface area contributed by atoms with E-state index in [1.54, 1.807) is 0 Å². The van der Waals surface area contributed by atoms with Gasteiger partial charge in [-0.3, -0.25) is 9.69 Å². The fraction of sp³-hybridized carbons (Fsp3) is 0.545. The predicted molar refractivity (Wildman–Crippen MR) is 107 cm³/mol. The van der Waals surface area contributed by atoms with E-state index in [9.17, 15) is 4.79 Å². The lowest BCUT2D eigenvalue weighted by Crippen LogP contribution is -2.40. The van der Waals surface area contributed by atoms with E-state index in [0.717, 1.165) is 64.2 Å². The lowest BCUT2D eigenvalue weighted by Gasteiger charge is -2.27. The lowest BCUT2D eigenvalue weighted by molar-refractivity contribution is -0.131. The molecule has 0 N–H and O–H groups in total. The summed E-state index contributed by atoms with van der Waals surface area (Å²) in [6.07, 6.45) is 8.73. The highest BCUT2D eigenvalue weighted by Crippen LogP contribution is 2.26. The highest BCUT2D eigenvalue weighted by Gasteiger charge is 2.28. The Hall–Kier alpha value is -2.14. The second-order valence-corrected chi connectivity index (χ2v) is 7.87. The number of carbonyl (C=O) groups excluding carboxylic acids is 1. The second-order valence-electron chi connectivity index (χ2n) is 7.87. The van der Waals surface area contributed by atoms with Crippen LogP contribution in [0.2, 0.25) is 0 Å². The van der Waals surface area contributed by atoms with Crippen LogP contribution in [0.25, 0.3) is 0 Å². The lowest BCUT2D eigenvalue weighted by atomic mass is 10.1. The van der Waals surface area contributed by atoms with Crippen LogP contribution in [0.1, 0.15) is 36.2 Å². The Morgan fingerprint density at radius 3 is 2.59 bits per heavy atom. The third kappa shape index (κ3) is 4.24. The van der Waals surface area contributed by atoms with Gasteiger partial charge in [0, 0.05) is 57.6 Å². The maximum Gasteiger partial charge on any atom is 0.222 e. The minimum atomic E-state index is 0.310. The summed E-state index contributed by atoms with van der Waals surface area (Å²) in [6.45, 7) is 6.76. The molecule has 5 nitrogen and oxygen atoms in total. The zero-order valence-corrected chi connectivity index (χ0v) is 16.3. The molecule has 1 aromatic carbocycles. The van der Waals surface area contributed by atoms with Crippen molar-refractivity contribution in [2.45, 2.75) is 51.6 Å². The van der Waals surface area contributed by atoms with Gasteiger partial charge in [0.1, 0.15) is 5.82 Å². The Morgan fingerprint density at radius 1 is 1.11 bits per heavy atom. The fourth-order valence-electron chi connectivity index (χ4n) is 4.54. The molecule has 2 heterocycles. The molecule has 0 bridgehead atoms. The first-order valence-corrected chi connectivity index (χ1v) is 10.3. The van der Waals surface area contributed by atoms with Crippen LogP contribution in [0.4, 0.5) is 0 Å². The summed E-state index contributed by atoms with van der Waals surface area (Å²) in [6, 6.07) is 9.45. The van der Waals surface area contributed by atoms with Gasteiger partial charge in [0.2, 0.25) is 5.91 Å². The minimum absolute atomic E-state index is 0.310. The molecule has 0 radical (unpaired) electrons. The molecule has 0 atom stereocenters. The normalized spacial score (nSPS) is 18.5. The zero-order chi connectivity index (χ0) is 18.6. The van der Waals surface area contributed by atoms with E-state index in [2.05, 4.69) is 43.6 Å². The molecular weight excluding hydrogens is 336 g/mol. The van der Waals surface area contributed by atoms with Gasteiger partial charge < -0.3 is 9.47 Å². The van der Waals surface area contributed by atoms with Crippen LogP contribution >= 0.6 is 0 Å². The molecule has 2 aliphatic rings. The van der Waals surface area contributed by atoms with Gasteiger partial charge in [-0.1, -0.05) is 24.3 Å². The van der Waals surface area contributed by atoms with Crippen molar-refractivity contribution >= 4 is 5.91 Å². The number of fused-ring (bicyclic) bond motifs is 1. The highest BCUT2D eigenvalue weighted by molar-refractivity contribution is 5.76. The van der Waals surface area contributed by atoms with E-state index in [4.69, 9.17) is 0 Å². The summed E-state index contributed by atoms with van der Waals surface area (Å²) in [5, 5.41) is 0. The average molecular weight is 367 g/mol. The summed E-state index contributed by atoms with van der Waals surface area (Å²) < 4.78 is 2.12. The van der Waals surface area contributed by atoms with Crippen molar-refractivity contribution in [1.82, 2.24) is 19.4 Å². The third-order valence-electron chi connectivity index (χ3n) is 6.14. The first-order chi connectivity index (χ1) is 13.2. The first kappa shape index (κ1) is 18.2. The van der Waals surface area contributed by atoms with E-state index in [0.29, 0.717) is 18.4 Å². The molecule has 1 aliphatic heterocycles. The fourth-order valence-corrected chi connectivity index (χ4v) is 4.54. The molecule has 1 aromatic heterocycles. The molecule has 27 heavy (non-hydrogen) atoms. The zero-order valence-electron chi connectivity index (χ0n) is 16.3. The van der Waals surface area contributed by atoms with Crippen LogP contribution in [-0.2, 0) is 24.2 Å². The van der Waals surface area contributed by atoms with Crippen LogP contribution in [0.15, 0.2) is 36.7 Å². The van der Waals surface area contributed by atoms with Crippen LogP contribution in [0, 0.1) is 6.92 Å². The van der Waals surface area contributed by atoms with Crippen LogP contribution < -0.4 is 0 Å². The SMILES string of the molecule is Cc1nccn1CCCC(=O)N1CCCN(C2Cc3ccccc3C2)CC1. The number of amides is 1. The Labute approximate surface area is 162 Å². The molecule has 1 aliphatic carbocycles. The molecule has 144 valence electrons. The summed E-state index contributed by atoms with van der Waals surface area (Å²) in [5.41, 5.74) is 3.02. The van der Waals surface area contributed by atoms with Crippen molar-refractivity contribution < 1.29 is 4.79 Å². The van der Waals surface area contributed by atoms with E-state index < -0.39 is 0 Å². The van der Waals surface area contributed by atoms with Gasteiger partial charge in [-0.2, -0.15) is 0 Å². The van der Waals surface area contributed by atoms with Crippen molar-refractivity contribution in [1.29, 1.82) is 0 Å².